The molecule has 0 amide bonds. The summed E-state index contributed by atoms with van der Waals surface area (Å²) in [5.74, 6) is 0. The molecular formula is C8H16N2S. The van der Waals surface area contributed by atoms with Crippen LogP contribution in [0.25, 0.3) is 0 Å². The molecule has 0 aromatic carbocycles. The van der Waals surface area contributed by atoms with Crippen LogP contribution in [0.3, 0.4) is 0 Å². The van der Waals surface area contributed by atoms with Gasteiger partial charge in [-0.25, -0.2) is 0 Å². The van der Waals surface area contributed by atoms with Crippen molar-refractivity contribution < 1.29 is 0 Å². The third-order valence-electron chi connectivity index (χ3n) is 1.55. The summed E-state index contributed by atoms with van der Waals surface area (Å²) in [5, 5.41) is 12.3. The van der Waals surface area contributed by atoms with Crippen LogP contribution in [0.1, 0.15) is 20.3 Å². The van der Waals surface area contributed by atoms with Gasteiger partial charge in [-0.15, -0.1) is 0 Å². The summed E-state index contributed by atoms with van der Waals surface area (Å²) in [5.41, 5.74) is 0. The molecule has 0 aromatic rings. The molecule has 0 bridgehead atoms. The summed E-state index contributed by atoms with van der Waals surface area (Å²) in [4.78, 5) is 0. The van der Waals surface area contributed by atoms with Gasteiger partial charge in [-0.2, -0.15) is 17.0 Å². The SMILES string of the molecule is CSC(C)CNC(C)CC#N. The van der Waals surface area contributed by atoms with Crippen molar-refractivity contribution in [3.05, 3.63) is 0 Å². The maximum atomic E-state index is 8.36. The number of rotatable bonds is 5. The van der Waals surface area contributed by atoms with Crippen molar-refractivity contribution in [3.63, 3.8) is 0 Å². The molecule has 0 saturated heterocycles. The molecule has 2 atom stereocenters. The van der Waals surface area contributed by atoms with Gasteiger partial charge in [0, 0.05) is 17.8 Å². The van der Waals surface area contributed by atoms with Crippen molar-refractivity contribution in [3.8, 4) is 6.07 Å². The molecule has 1 N–H and O–H groups in total. The Morgan fingerprint density at radius 1 is 1.55 bits per heavy atom. The minimum atomic E-state index is 0.328. The summed E-state index contributed by atoms with van der Waals surface area (Å²) in [6, 6.07) is 2.47. The second kappa shape index (κ2) is 6.51. The smallest absolute Gasteiger partial charge is 0.0638 e. The van der Waals surface area contributed by atoms with E-state index in [9.17, 15) is 0 Å². The third kappa shape index (κ3) is 6.21. The van der Waals surface area contributed by atoms with Crippen LogP contribution >= 0.6 is 11.8 Å². The molecule has 0 aliphatic carbocycles. The van der Waals surface area contributed by atoms with Crippen LogP contribution in [0.15, 0.2) is 0 Å². The Balaban J connectivity index is 3.31. The van der Waals surface area contributed by atoms with Gasteiger partial charge in [0.2, 0.25) is 0 Å². The summed E-state index contributed by atoms with van der Waals surface area (Å²) in [6.45, 7) is 5.21. The van der Waals surface area contributed by atoms with Gasteiger partial charge in [0.1, 0.15) is 0 Å². The number of nitrogens with zero attached hydrogens (tertiary/aromatic N) is 1. The number of thioether (sulfide) groups is 1. The van der Waals surface area contributed by atoms with Gasteiger partial charge in [0.25, 0.3) is 0 Å². The topological polar surface area (TPSA) is 35.8 Å². The maximum absolute atomic E-state index is 8.36. The minimum Gasteiger partial charge on any atom is -0.312 e. The second-order valence-electron chi connectivity index (χ2n) is 2.72. The van der Waals surface area contributed by atoms with Crippen LogP contribution in [0, 0.1) is 11.3 Å². The van der Waals surface area contributed by atoms with E-state index in [0.29, 0.717) is 17.7 Å². The highest BCUT2D eigenvalue weighted by Gasteiger charge is 2.02. The fourth-order valence-electron chi connectivity index (χ4n) is 0.660. The van der Waals surface area contributed by atoms with Crippen LogP contribution in [0.5, 0.6) is 0 Å². The maximum Gasteiger partial charge on any atom is 0.0638 e. The lowest BCUT2D eigenvalue weighted by atomic mass is 10.2. The fraction of sp³-hybridized carbons (Fsp3) is 0.875. The Labute approximate surface area is 73.4 Å². The van der Waals surface area contributed by atoms with Crippen molar-refractivity contribution in [1.82, 2.24) is 5.32 Å². The van der Waals surface area contributed by atoms with Crippen molar-refractivity contribution in [2.75, 3.05) is 12.8 Å². The number of nitrogens with one attached hydrogen (secondary N) is 1. The zero-order valence-corrected chi connectivity index (χ0v) is 8.24. The Kier molecular flexibility index (Phi) is 6.39. The minimum absolute atomic E-state index is 0.328. The molecule has 0 rings (SSSR count). The van der Waals surface area contributed by atoms with Gasteiger partial charge < -0.3 is 5.32 Å². The number of hydrogen-bond donors (Lipinski definition) is 1. The zero-order chi connectivity index (χ0) is 8.69. The Bertz CT molecular complexity index is 131. The lowest BCUT2D eigenvalue weighted by Gasteiger charge is -2.13. The average Bonchev–Trinajstić information content (AvgIpc) is 2.01. The van der Waals surface area contributed by atoms with Crippen LogP contribution < -0.4 is 5.32 Å². The molecule has 3 heteroatoms. The molecule has 0 aliphatic rings. The van der Waals surface area contributed by atoms with Crippen LogP contribution in [0.2, 0.25) is 0 Å². The third-order valence-corrected chi connectivity index (χ3v) is 2.53. The van der Waals surface area contributed by atoms with Gasteiger partial charge in [-0.05, 0) is 13.2 Å². The van der Waals surface area contributed by atoms with E-state index in [2.05, 4.69) is 24.6 Å². The standard InChI is InChI=1S/C8H16N2S/c1-7(4-5-9)10-6-8(2)11-3/h7-8,10H,4,6H2,1-3H3. The molecule has 0 saturated carbocycles. The van der Waals surface area contributed by atoms with E-state index in [1.165, 1.54) is 0 Å². The zero-order valence-electron chi connectivity index (χ0n) is 7.42. The first-order chi connectivity index (χ1) is 5.20. The van der Waals surface area contributed by atoms with Crippen molar-refractivity contribution in [1.29, 1.82) is 5.26 Å². The molecule has 0 aliphatic heterocycles. The van der Waals surface area contributed by atoms with Gasteiger partial charge in [0.15, 0.2) is 0 Å². The molecule has 64 valence electrons. The first kappa shape index (κ1) is 10.8. The Morgan fingerprint density at radius 3 is 2.64 bits per heavy atom. The first-order valence-electron chi connectivity index (χ1n) is 3.83. The molecule has 0 spiro atoms. The molecule has 2 nitrogen and oxygen atoms in total. The highest BCUT2D eigenvalue weighted by Crippen LogP contribution is 2.03. The van der Waals surface area contributed by atoms with Crippen LogP contribution in [-0.4, -0.2) is 24.1 Å². The van der Waals surface area contributed by atoms with E-state index in [-0.39, 0.29) is 0 Å². The predicted octanol–water partition coefficient (Wildman–Crippen LogP) is 1.63. The van der Waals surface area contributed by atoms with Crippen molar-refractivity contribution in [2.45, 2.75) is 31.6 Å². The van der Waals surface area contributed by atoms with Gasteiger partial charge in [-0.3, -0.25) is 0 Å². The first-order valence-corrected chi connectivity index (χ1v) is 5.12. The van der Waals surface area contributed by atoms with Gasteiger partial charge in [0.05, 0.1) is 12.5 Å². The van der Waals surface area contributed by atoms with Gasteiger partial charge in [-0.1, -0.05) is 6.92 Å². The highest BCUT2D eigenvalue weighted by molar-refractivity contribution is 7.99. The summed E-state index contributed by atoms with van der Waals surface area (Å²) in [6.07, 6.45) is 2.70. The average molecular weight is 172 g/mol. The van der Waals surface area contributed by atoms with Gasteiger partial charge >= 0.3 is 0 Å². The monoisotopic (exact) mass is 172 g/mol. The van der Waals surface area contributed by atoms with E-state index in [0.717, 1.165) is 6.54 Å². The van der Waals surface area contributed by atoms with E-state index in [1.54, 1.807) is 0 Å². The van der Waals surface area contributed by atoms with E-state index >= 15 is 0 Å². The molecule has 11 heavy (non-hydrogen) atoms. The van der Waals surface area contributed by atoms with E-state index in [4.69, 9.17) is 5.26 Å². The highest BCUT2D eigenvalue weighted by atomic mass is 32.2. The van der Waals surface area contributed by atoms with Crippen molar-refractivity contribution in [2.24, 2.45) is 0 Å². The van der Waals surface area contributed by atoms with Crippen LogP contribution in [0.4, 0.5) is 0 Å². The second-order valence-corrected chi connectivity index (χ2v) is 3.99. The molecule has 0 heterocycles. The molecule has 0 aromatic heterocycles. The molecule has 0 fully saturated rings. The summed E-state index contributed by atoms with van der Waals surface area (Å²) in [7, 11) is 0. The van der Waals surface area contributed by atoms with Crippen LogP contribution in [-0.2, 0) is 0 Å². The van der Waals surface area contributed by atoms with Crippen molar-refractivity contribution >= 4 is 11.8 Å². The Morgan fingerprint density at radius 2 is 2.18 bits per heavy atom. The molecule has 0 radical (unpaired) electrons. The summed E-state index contributed by atoms with van der Waals surface area (Å²) < 4.78 is 0. The lowest BCUT2D eigenvalue weighted by molar-refractivity contribution is 0.559. The quantitative estimate of drug-likeness (QED) is 0.684. The lowest BCUT2D eigenvalue weighted by Crippen LogP contribution is -2.30. The number of nitriles is 1. The fourth-order valence-corrected chi connectivity index (χ4v) is 0.922. The predicted molar refractivity (Wildman–Crippen MR) is 50.7 cm³/mol. The largest absolute Gasteiger partial charge is 0.312 e. The molecule has 2 unspecified atom stereocenters. The van der Waals surface area contributed by atoms with E-state index in [1.807, 2.05) is 18.7 Å². The normalized spacial score (nSPS) is 15.5. The number of hydrogen-bond acceptors (Lipinski definition) is 3. The Hall–Kier alpha value is -0.200. The van der Waals surface area contributed by atoms with E-state index < -0.39 is 0 Å². The molecular weight excluding hydrogens is 156 g/mol. The summed E-state index contributed by atoms with van der Waals surface area (Å²) >= 11 is 1.84.